The van der Waals surface area contributed by atoms with Crippen molar-refractivity contribution < 1.29 is 18.8 Å². The normalized spacial score (nSPS) is 10.1. The molecule has 0 aliphatic carbocycles. The Labute approximate surface area is 113 Å². The second-order valence-electron chi connectivity index (χ2n) is 4.08. The molecule has 0 radical (unpaired) electrons. The van der Waals surface area contributed by atoms with E-state index in [1.807, 2.05) is 0 Å². The third kappa shape index (κ3) is 2.80. The number of benzene rings is 2. The Morgan fingerprint density at radius 2 is 1.95 bits per heavy atom. The first kappa shape index (κ1) is 13.7. The standard InChI is InChI=1S/C14H10FNO4/c1-9-6-7-10(8-12(9)16(18)19)14(17)20-13-5-3-2-4-11(13)15/h2-8H,1H3. The topological polar surface area (TPSA) is 69.4 Å². The van der Waals surface area contributed by atoms with Crippen LogP contribution in [0.2, 0.25) is 0 Å². The van der Waals surface area contributed by atoms with Gasteiger partial charge in [-0.3, -0.25) is 10.1 Å². The lowest BCUT2D eigenvalue weighted by Crippen LogP contribution is -2.10. The molecule has 0 unspecified atom stereocenters. The number of hydrogen-bond acceptors (Lipinski definition) is 4. The number of halogens is 1. The Balaban J connectivity index is 2.28. The van der Waals surface area contributed by atoms with Gasteiger partial charge in [0.1, 0.15) is 0 Å². The molecule has 20 heavy (non-hydrogen) atoms. The summed E-state index contributed by atoms with van der Waals surface area (Å²) in [5, 5.41) is 10.8. The van der Waals surface area contributed by atoms with Crippen LogP contribution in [0.4, 0.5) is 10.1 Å². The predicted molar refractivity (Wildman–Crippen MR) is 69.2 cm³/mol. The molecule has 0 N–H and O–H groups in total. The SMILES string of the molecule is Cc1ccc(C(=O)Oc2ccccc2F)cc1[N+](=O)[O-]. The smallest absolute Gasteiger partial charge is 0.343 e. The molecule has 0 atom stereocenters. The number of rotatable bonds is 3. The van der Waals surface area contributed by atoms with E-state index in [1.165, 1.54) is 30.3 Å². The summed E-state index contributed by atoms with van der Waals surface area (Å²) in [5.74, 6) is -1.75. The number of carbonyl (C=O) groups is 1. The summed E-state index contributed by atoms with van der Waals surface area (Å²) < 4.78 is 18.2. The van der Waals surface area contributed by atoms with Gasteiger partial charge < -0.3 is 4.74 Å². The molecule has 6 heteroatoms. The molecule has 0 amide bonds. The van der Waals surface area contributed by atoms with Crippen molar-refractivity contribution in [1.29, 1.82) is 0 Å². The van der Waals surface area contributed by atoms with Gasteiger partial charge >= 0.3 is 5.97 Å². The van der Waals surface area contributed by atoms with Crippen LogP contribution in [0, 0.1) is 22.9 Å². The van der Waals surface area contributed by atoms with Gasteiger partial charge in [0.2, 0.25) is 0 Å². The van der Waals surface area contributed by atoms with Gasteiger partial charge in [0.25, 0.3) is 5.69 Å². The van der Waals surface area contributed by atoms with Crippen LogP contribution in [0.1, 0.15) is 15.9 Å². The van der Waals surface area contributed by atoms with Gasteiger partial charge in [-0.25, -0.2) is 9.18 Å². The van der Waals surface area contributed by atoms with Crippen LogP contribution in [0.5, 0.6) is 5.75 Å². The number of nitro benzene ring substituents is 1. The lowest BCUT2D eigenvalue weighted by molar-refractivity contribution is -0.385. The van der Waals surface area contributed by atoms with E-state index in [2.05, 4.69) is 0 Å². The summed E-state index contributed by atoms with van der Waals surface area (Å²) in [5.41, 5.74) is 0.232. The Morgan fingerprint density at radius 3 is 2.60 bits per heavy atom. The van der Waals surface area contributed by atoms with Crippen LogP contribution in [0.25, 0.3) is 0 Å². The molecule has 0 saturated heterocycles. The molecule has 2 aromatic carbocycles. The lowest BCUT2D eigenvalue weighted by atomic mass is 10.1. The number of para-hydroxylation sites is 1. The van der Waals surface area contributed by atoms with E-state index in [1.54, 1.807) is 6.92 Å². The maximum absolute atomic E-state index is 13.4. The second-order valence-corrected chi connectivity index (χ2v) is 4.08. The summed E-state index contributed by atoms with van der Waals surface area (Å²) in [6.45, 7) is 1.56. The van der Waals surface area contributed by atoms with Gasteiger partial charge in [-0.2, -0.15) is 0 Å². The van der Waals surface area contributed by atoms with Crippen LogP contribution in [-0.4, -0.2) is 10.9 Å². The van der Waals surface area contributed by atoms with Crippen molar-refractivity contribution in [2.45, 2.75) is 6.92 Å². The molecule has 0 aromatic heterocycles. The molecule has 0 aliphatic heterocycles. The molecule has 0 aliphatic rings. The van der Waals surface area contributed by atoms with E-state index in [0.717, 1.165) is 12.1 Å². The first-order chi connectivity index (χ1) is 9.49. The Hall–Kier alpha value is -2.76. The number of ether oxygens (including phenoxy) is 1. The van der Waals surface area contributed by atoms with Crippen molar-refractivity contribution in [2.24, 2.45) is 0 Å². The molecular formula is C14H10FNO4. The van der Waals surface area contributed by atoms with Crippen molar-refractivity contribution >= 4 is 11.7 Å². The largest absolute Gasteiger partial charge is 0.420 e. The summed E-state index contributed by atoms with van der Waals surface area (Å²) >= 11 is 0. The molecule has 0 bridgehead atoms. The van der Waals surface area contributed by atoms with Crippen LogP contribution in [0.15, 0.2) is 42.5 Å². The van der Waals surface area contributed by atoms with Crippen molar-refractivity contribution in [1.82, 2.24) is 0 Å². The first-order valence-electron chi connectivity index (χ1n) is 5.71. The Bertz CT molecular complexity index is 685. The summed E-state index contributed by atoms with van der Waals surface area (Å²) in [6, 6.07) is 9.38. The number of nitro groups is 1. The van der Waals surface area contributed by atoms with E-state index in [4.69, 9.17) is 4.74 Å². The number of esters is 1. The molecule has 0 heterocycles. The lowest BCUT2D eigenvalue weighted by Gasteiger charge is -2.05. The molecule has 0 saturated carbocycles. The average molecular weight is 275 g/mol. The maximum Gasteiger partial charge on any atom is 0.343 e. The third-order valence-corrected chi connectivity index (χ3v) is 2.68. The number of carbonyl (C=O) groups excluding carboxylic acids is 1. The number of aryl methyl sites for hydroxylation is 1. The van der Waals surface area contributed by atoms with Crippen molar-refractivity contribution in [3.63, 3.8) is 0 Å². The van der Waals surface area contributed by atoms with Crippen molar-refractivity contribution in [3.05, 3.63) is 69.5 Å². The zero-order valence-electron chi connectivity index (χ0n) is 10.5. The molecular weight excluding hydrogens is 265 g/mol. The van der Waals surface area contributed by atoms with E-state index in [0.29, 0.717) is 5.56 Å². The Morgan fingerprint density at radius 1 is 1.25 bits per heavy atom. The van der Waals surface area contributed by atoms with Crippen LogP contribution < -0.4 is 4.74 Å². The second kappa shape index (κ2) is 5.48. The van der Waals surface area contributed by atoms with Crippen LogP contribution in [0.3, 0.4) is 0 Å². The summed E-state index contributed by atoms with van der Waals surface area (Å²) in [6.07, 6.45) is 0. The minimum Gasteiger partial charge on any atom is -0.420 e. The zero-order valence-corrected chi connectivity index (χ0v) is 10.5. The molecule has 2 rings (SSSR count). The van der Waals surface area contributed by atoms with E-state index < -0.39 is 16.7 Å². The maximum atomic E-state index is 13.4. The third-order valence-electron chi connectivity index (χ3n) is 2.68. The van der Waals surface area contributed by atoms with E-state index in [9.17, 15) is 19.3 Å². The quantitative estimate of drug-likeness (QED) is 0.373. The monoisotopic (exact) mass is 275 g/mol. The fraction of sp³-hybridized carbons (Fsp3) is 0.0714. The minimum atomic E-state index is -0.849. The first-order valence-corrected chi connectivity index (χ1v) is 5.71. The molecule has 0 spiro atoms. The highest BCUT2D eigenvalue weighted by Gasteiger charge is 2.17. The van der Waals surface area contributed by atoms with Gasteiger partial charge in [-0.05, 0) is 25.1 Å². The van der Waals surface area contributed by atoms with Gasteiger partial charge in [0.15, 0.2) is 11.6 Å². The molecule has 5 nitrogen and oxygen atoms in total. The van der Waals surface area contributed by atoms with Gasteiger partial charge in [-0.15, -0.1) is 0 Å². The van der Waals surface area contributed by atoms with Gasteiger partial charge in [0, 0.05) is 11.6 Å². The highest BCUT2D eigenvalue weighted by Crippen LogP contribution is 2.21. The van der Waals surface area contributed by atoms with E-state index in [-0.39, 0.29) is 17.0 Å². The average Bonchev–Trinajstić information content (AvgIpc) is 2.41. The highest BCUT2D eigenvalue weighted by atomic mass is 19.1. The molecule has 0 fully saturated rings. The molecule has 2 aromatic rings. The van der Waals surface area contributed by atoms with Crippen LogP contribution in [-0.2, 0) is 0 Å². The Kier molecular flexibility index (Phi) is 3.74. The fourth-order valence-electron chi connectivity index (χ4n) is 1.62. The number of nitrogens with zero attached hydrogens (tertiary/aromatic N) is 1. The van der Waals surface area contributed by atoms with Crippen LogP contribution >= 0.6 is 0 Å². The van der Waals surface area contributed by atoms with Gasteiger partial charge in [0.05, 0.1) is 10.5 Å². The summed E-state index contributed by atoms with van der Waals surface area (Å²) in [4.78, 5) is 22.1. The number of hydrogen-bond donors (Lipinski definition) is 0. The fourth-order valence-corrected chi connectivity index (χ4v) is 1.62. The molecule has 102 valence electrons. The van der Waals surface area contributed by atoms with Crippen molar-refractivity contribution in [2.75, 3.05) is 0 Å². The highest BCUT2D eigenvalue weighted by molar-refractivity contribution is 5.92. The van der Waals surface area contributed by atoms with E-state index >= 15 is 0 Å². The predicted octanol–water partition coefficient (Wildman–Crippen LogP) is 3.26. The summed E-state index contributed by atoms with van der Waals surface area (Å²) in [7, 11) is 0. The zero-order chi connectivity index (χ0) is 14.7. The minimum absolute atomic E-state index is 0.00875. The van der Waals surface area contributed by atoms with Gasteiger partial charge in [-0.1, -0.05) is 18.2 Å². The van der Waals surface area contributed by atoms with Crippen molar-refractivity contribution in [3.8, 4) is 5.75 Å².